The van der Waals surface area contributed by atoms with Gasteiger partial charge in [-0.25, -0.2) is 23.2 Å². The summed E-state index contributed by atoms with van der Waals surface area (Å²) in [4.78, 5) is 43.9. The second-order valence-electron chi connectivity index (χ2n) is 11.3. The van der Waals surface area contributed by atoms with Gasteiger partial charge in [-0.1, -0.05) is 16.8 Å². The molecule has 1 N–H and O–H groups in total. The highest BCUT2D eigenvalue weighted by molar-refractivity contribution is 6.31. The summed E-state index contributed by atoms with van der Waals surface area (Å²) in [6, 6.07) is 1.71. The molecule has 244 valence electrons. The topological polar surface area (TPSA) is 137 Å². The van der Waals surface area contributed by atoms with Crippen LogP contribution in [-0.4, -0.2) is 78.5 Å². The first kappa shape index (κ1) is 32.9. The molecule has 2 aliphatic heterocycles. The number of carbonyl (C=O) groups excluding carboxylic acids is 3. The van der Waals surface area contributed by atoms with E-state index in [0.29, 0.717) is 6.20 Å². The Bertz CT molecular complexity index is 1740. The van der Waals surface area contributed by atoms with Crippen LogP contribution in [0.25, 0.3) is 11.3 Å². The number of alkyl halides is 3. The molecule has 1 saturated heterocycles. The predicted molar refractivity (Wildman–Crippen MR) is 149 cm³/mol. The van der Waals surface area contributed by atoms with Crippen LogP contribution in [0.5, 0.6) is 5.88 Å². The van der Waals surface area contributed by atoms with Gasteiger partial charge < -0.3 is 19.5 Å². The van der Waals surface area contributed by atoms with Gasteiger partial charge in [0.05, 0.1) is 28.1 Å². The van der Waals surface area contributed by atoms with Crippen LogP contribution in [0.2, 0.25) is 5.02 Å². The Balaban J connectivity index is 1.31. The molecule has 1 amide bonds. The number of halogens is 6. The number of aliphatic hydroxyl groups is 1. The van der Waals surface area contributed by atoms with Crippen LogP contribution in [0.15, 0.2) is 36.7 Å². The fraction of sp³-hybridized carbons (Fsp3) is 0.379. The molecule has 0 saturated carbocycles. The van der Waals surface area contributed by atoms with Crippen molar-refractivity contribution in [2.45, 2.75) is 57.0 Å². The normalized spacial score (nSPS) is 18.3. The number of ether oxygens (including phenoxy) is 2. The molecule has 17 heteroatoms. The van der Waals surface area contributed by atoms with Crippen LogP contribution < -0.4 is 4.74 Å². The fourth-order valence-electron chi connectivity index (χ4n) is 5.20. The summed E-state index contributed by atoms with van der Waals surface area (Å²) in [5, 5.41) is 16.0. The summed E-state index contributed by atoms with van der Waals surface area (Å²) in [5.41, 5.74) is -3.34. The number of hydrogen-bond donors (Lipinski definition) is 1. The molecular formula is C29H25ClF5N5O6. The third-order valence-electron chi connectivity index (χ3n) is 7.27. The number of aromatic nitrogens is 4. The number of benzene rings is 1. The highest BCUT2D eigenvalue weighted by Crippen LogP contribution is 2.40. The lowest BCUT2D eigenvalue weighted by molar-refractivity contribution is -0.152. The predicted octanol–water partition coefficient (Wildman–Crippen LogP) is 4.34. The first-order valence-corrected chi connectivity index (χ1v) is 14.1. The van der Waals surface area contributed by atoms with Crippen molar-refractivity contribution in [1.82, 2.24) is 24.9 Å². The van der Waals surface area contributed by atoms with Crippen molar-refractivity contribution in [3.63, 3.8) is 0 Å². The number of rotatable bonds is 9. The van der Waals surface area contributed by atoms with Gasteiger partial charge in [0.2, 0.25) is 11.7 Å². The molecule has 5 rings (SSSR count). The van der Waals surface area contributed by atoms with Crippen LogP contribution in [0.3, 0.4) is 0 Å². The zero-order chi connectivity index (χ0) is 33.6. The average molecular weight is 670 g/mol. The van der Waals surface area contributed by atoms with Crippen molar-refractivity contribution in [2.24, 2.45) is 0 Å². The number of esters is 1. The zero-order valence-electron chi connectivity index (χ0n) is 24.1. The lowest BCUT2D eigenvalue weighted by Gasteiger charge is -2.33. The summed E-state index contributed by atoms with van der Waals surface area (Å²) in [5.74, 6) is -5.15. The molecule has 3 aromatic rings. The Morgan fingerprint density at radius 1 is 1.13 bits per heavy atom. The van der Waals surface area contributed by atoms with Crippen molar-refractivity contribution in [3.8, 4) is 11.6 Å². The molecule has 0 radical (unpaired) electrons. The quantitative estimate of drug-likeness (QED) is 0.201. The average Bonchev–Trinajstić information content (AvgIpc) is 3.64. The maximum absolute atomic E-state index is 15.4. The second-order valence-corrected chi connectivity index (χ2v) is 11.7. The van der Waals surface area contributed by atoms with E-state index in [4.69, 9.17) is 21.1 Å². The molecule has 0 spiro atoms. The van der Waals surface area contributed by atoms with Gasteiger partial charge in [-0.3, -0.25) is 9.59 Å². The summed E-state index contributed by atoms with van der Waals surface area (Å²) >= 11 is 5.98. The van der Waals surface area contributed by atoms with Gasteiger partial charge in [-0.2, -0.15) is 13.2 Å². The SMILES string of the molecule is CC(C)(O)COc1nccc(C(=O)COC(=O)[C@@H]2CC[C@@H]3CC(c4c(-n5cc(C(F)(F)F)nn5)ccc(Cl)c4F)=CC(=O)N32)c1F. The van der Waals surface area contributed by atoms with E-state index in [1.54, 1.807) is 0 Å². The molecule has 2 atom stereocenters. The summed E-state index contributed by atoms with van der Waals surface area (Å²) < 4.78 is 80.6. The monoisotopic (exact) mass is 669 g/mol. The largest absolute Gasteiger partial charge is 0.473 e. The number of Topliss-reactive ketones (excluding diaryl/α,β-unsaturated/α-hetero) is 1. The highest BCUT2D eigenvalue weighted by atomic mass is 35.5. The van der Waals surface area contributed by atoms with Gasteiger partial charge in [0.15, 0.2) is 23.9 Å². The standard InChI is InChI=1S/C29H25ClF5N5O6/c1-28(2,44)13-46-26-24(31)16(7-8-36-26)20(41)12-45-27(43)19-5-3-15-9-14(10-22(42)40(15)19)23-18(6-4-17(30)25(23)32)39-11-21(37-38-39)29(33,34)35/h4,6-8,10-11,15,19,44H,3,5,9,12-13H2,1-2H3/t15-,19+/m1/s1. The van der Waals surface area contributed by atoms with Crippen LogP contribution in [-0.2, 0) is 20.5 Å². The Hall–Kier alpha value is -4.44. The molecule has 4 heterocycles. The fourth-order valence-corrected chi connectivity index (χ4v) is 5.36. The highest BCUT2D eigenvalue weighted by Gasteiger charge is 2.44. The van der Waals surface area contributed by atoms with Crippen molar-refractivity contribution < 1.29 is 50.9 Å². The third-order valence-corrected chi connectivity index (χ3v) is 7.56. The molecular weight excluding hydrogens is 645 g/mol. The molecule has 11 nitrogen and oxygen atoms in total. The Labute approximate surface area is 262 Å². The van der Waals surface area contributed by atoms with Gasteiger partial charge >= 0.3 is 12.1 Å². The van der Waals surface area contributed by atoms with E-state index in [2.05, 4.69) is 15.3 Å². The van der Waals surface area contributed by atoms with Crippen LogP contribution in [0, 0.1) is 11.6 Å². The molecule has 46 heavy (non-hydrogen) atoms. The lowest BCUT2D eigenvalue weighted by atomic mass is 9.92. The number of amides is 1. The van der Waals surface area contributed by atoms with Gasteiger partial charge in [0, 0.05) is 23.9 Å². The summed E-state index contributed by atoms with van der Waals surface area (Å²) in [6.07, 6.45) is -1.65. The third kappa shape index (κ3) is 6.72. The summed E-state index contributed by atoms with van der Waals surface area (Å²) in [6.45, 7) is 1.69. The van der Waals surface area contributed by atoms with Crippen molar-refractivity contribution in [1.29, 1.82) is 0 Å². The first-order chi connectivity index (χ1) is 21.5. The van der Waals surface area contributed by atoms with Crippen LogP contribution in [0.1, 0.15) is 54.7 Å². The maximum atomic E-state index is 15.4. The van der Waals surface area contributed by atoms with E-state index in [9.17, 15) is 37.1 Å². The number of carbonyl (C=O) groups is 3. The van der Waals surface area contributed by atoms with Crippen LogP contribution >= 0.6 is 11.6 Å². The van der Waals surface area contributed by atoms with E-state index in [1.807, 2.05) is 0 Å². The van der Waals surface area contributed by atoms with E-state index in [1.165, 1.54) is 24.8 Å². The molecule has 0 unspecified atom stereocenters. The van der Waals surface area contributed by atoms with Crippen molar-refractivity contribution in [3.05, 3.63) is 70.1 Å². The molecule has 1 aromatic carbocycles. The van der Waals surface area contributed by atoms with E-state index >= 15 is 4.39 Å². The Morgan fingerprint density at radius 2 is 1.87 bits per heavy atom. The zero-order valence-corrected chi connectivity index (χ0v) is 24.9. The van der Waals surface area contributed by atoms with Gasteiger partial charge in [0.25, 0.3) is 5.88 Å². The first-order valence-electron chi connectivity index (χ1n) is 13.8. The number of nitrogens with zero attached hydrogens (tertiary/aromatic N) is 5. The van der Waals surface area contributed by atoms with Gasteiger partial charge in [0.1, 0.15) is 12.6 Å². The van der Waals surface area contributed by atoms with Crippen molar-refractivity contribution in [2.75, 3.05) is 13.2 Å². The molecule has 0 bridgehead atoms. The van der Waals surface area contributed by atoms with Gasteiger partial charge in [-0.05, 0) is 56.9 Å². The molecule has 2 aliphatic rings. The van der Waals surface area contributed by atoms with E-state index < -0.39 is 76.9 Å². The minimum atomic E-state index is -4.80. The summed E-state index contributed by atoms with van der Waals surface area (Å²) in [7, 11) is 0. The Morgan fingerprint density at radius 3 is 2.54 bits per heavy atom. The molecule has 1 fully saturated rings. The minimum absolute atomic E-state index is 0.00911. The molecule has 0 aliphatic carbocycles. The number of ketones is 1. The molecule has 2 aromatic heterocycles. The number of pyridine rings is 1. The van der Waals surface area contributed by atoms with Crippen molar-refractivity contribution >= 4 is 34.8 Å². The number of fused-ring (bicyclic) bond motifs is 1. The smallest absolute Gasteiger partial charge is 0.436 e. The Kier molecular flexibility index (Phi) is 8.88. The van der Waals surface area contributed by atoms with Crippen LogP contribution in [0.4, 0.5) is 22.0 Å². The number of hydrogen-bond acceptors (Lipinski definition) is 9. The van der Waals surface area contributed by atoms with E-state index in [-0.39, 0.29) is 47.7 Å². The lowest BCUT2D eigenvalue weighted by Crippen LogP contribution is -2.47. The van der Waals surface area contributed by atoms with E-state index in [0.717, 1.165) is 29.1 Å². The van der Waals surface area contributed by atoms with Gasteiger partial charge in [-0.15, -0.1) is 5.10 Å². The minimum Gasteiger partial charge on any atom is -0.473 e. The second kappa shape index (κ2) is 12.4. The maximum Gasteiger partial charge on any atom is 0.436 e.